The van der Waals surface area contributed by atoms with Crippen molar-refractivity contribution >= 4 is 17.5 Å². The Labute approximate surface area is 180 Å². The molecule has 3 aliphatic rings. The lowest BCUT2D eigenvalue weighted by Crippen LogP contribution is -2.59. The summed E-state index contributed by atoms with van der Waals surface area (Å²) in [6, 6.07) is 13.0. The van der Waals surface area contributed by atoms with Gasteiger partial charge in [-0.2, -0.15) is 15.8 Å². The number of benzene rings is 1. The van der Waals surface area contributed by atoms with Gasteiger partial charge in [0.1, 0.15) is 6.10 Å². The van der Waals surface area contributed by atoms with Gasteiger partial charge in [0.05, 0.1) is 24.1 Å². The number of hydrogen-bond acceptors (Lipinski definition) is 7. The number of carbonyl (C=O) groups excluding carboxylic acids is 1. The van der Waals surface area contributed by atoms with Gasteiger partial charge in [0.2, 0.25) is 23.0 Å². The van der Waals surface area contributed by atoms with E-state index >= 15 is 0 Å². The maximum Gasteiger partial charge on any atom is 0.221 e. The quantitative estimate of drug-likeness (QED) is 0.746. The molecule has 0 radical (unpaired) electrons. The molecule has 4 atom stereocenters. The topological polar surface area (TPSA) is 143 Å². The molecule has 2 saturated heterocycles. The molecule has 3 fully saturated rings. The van der Waals surface area contributed by atoms with E-state index in [-0.39, 0.29) is 11.8 Å². The van der Waals surface area contributed by atoms with E-state index in [0.717, 1.165) is 25.7 Å². The van der Waals surface area contributed by atoms with Crippen LogP contribution < -0.4 is 5.32 Å². The number of ether oxygens (including phenoxy) is 2. The maximum atomic E-state index is 11.3. The van der Waals surface area contributed by atoms with Crippen LogP contribution in [0.3, 0.4) is 0 Å². The largest absolute Gasteiger partial charge is 0.447 e. The summed E-state index contributed by atoms with van der Waals surface area (Å²) in [6.07, 6.45) is 3.58. The SMILES string of the molecule is CC(=O)Nc1ccc(C2OC34CCCCCCC3C(C#N)(C(=N)O4)C2(C#N)C#N)cc1. The molecule has 2 aliphatic heterocycles. The molecule has 1 aromatic carbocycles. The van der Waals surface area contributed by atoms with Gasteiger partial charge in [-0.1, -0.05) is 31.4 Å². The Hall–Kier alpha value is -3.41. The molecule has 31 heavy (non-hydrogen) atoms. The van der Waals surface area contributed by atoms with Crippen molar-refractivity contribution in [2.45, 2.75) is 57.3 Å². The Morgan fingerprint density at radius 2 is 1.77 bits per heavy atom. The van der Waals surface area contributed by atoms with Crippen LogP contribution in [-0.2, 0) is 14.3 Å². The van der Waals surface area contributed by atoms with Gasteiger partial charge in [-0.05, 0) is 30.5 Å². The van der Waals surface area contributed by atoms with E-state index in [2.05, 4.69) is 23.5 Å². The minimum Gasteiger partial charge on any atom is -0.447 e. The number of anilines is 1. The second-order valence-corrected chi connectivity index (χ2v) is 8.50. The molecule has 0 aromatic heterocycles. The molecule has 1 amide bonds. The van der Waals surface area contributed by atoms with Crippen molar-refractivity contribution in [2.75, 3.05) is 5.32 Å². The Bertz CT molecular complexity index is 1030. The summed E-state index contributed by atoms with van der Waals surface area (Å²) >= 11 is 0. The lowest BCUT2D eigenvalue weighted by Gasteiger charge is -2.50. The van der Waals surface area contributed by atoms with Crippen LogP contribution in [0.2, 0.25) is 0 Å². The van der Waals surface area contributed by atoms with Crippen LogP contribution in [0.25, 0.3) is 0 Å². The molecule has 1 aromatic rings. The standard InChI is InChI=1S/C23H23N5O3/c1-15(29)28-17-9-7-16(8-10-17)19-21(12-24,13-25)22(14-26)18-6-4-2-3-5-11-23(18,30-19)31-20(22)27/h7-10,18-19,27H,2-6,11H2,1H3,(H,28,29). The summed E-state index contributed by atoms with van der Waals surface area (Å²) in [4.78, 5) is 11.3. The zero-order valence-electron chi connectivity index (χ0n) is 17.3. The third-order valence-electron chi connectivity index (χ3n) is 6.85. The van der Waals surface area contributed by atoms with Gasteiger partial charge in [-0.25, -0.2) is 0 Å². The third-order valence-corrected chi connectivity index (χ3v) is 6.85. The van der Waals surface area contributed by atoms with Crippen molar-refractivity contribution in [1.82, 2.24) is 0 Å². The van der Waals surface area contributed by atoms with Gasteiger partial charge in [0.15, 0.2) is 5.41 Å². The zero-order valence-corrected chi connectivity index (χ0v) is 17.3. The van der Waals surface area contributed by atoms with E-state index in [4.69, 9.17) is 14.9 Å². The first-order valence-corrected chi connectivity index (χ1v) is 10.5. The van der Waals surface area contributed by atoms with Crippen LogP contribution in [0.1, 0.15) is 57.1 Å². The minimum absolute atomic E-state index is 0.218. The molecule has 158 valence electrons. The number of carbonyl (C=O) groups is 1. The summed E-state index contributed by atoms with van der Waals surface area (Å²) in [5.41, 5.74) is -2.57. The summed E-state index contributed by atoms with van der Waals surface area (Å²) < 4.78 is 12.4. The fraction of sp³-hybridized carbons (Fsp3) is 0.522. The van der Waals surface area contributed by atoms with Crippen molar-refractivity contribution < 1.29 is 14.3 Å². The highest BCUT2D eigenvalue weighted by atomic mass is 16.7. The molecular weight excluding hydrogens is 394 g/mol. The molecule has 8 nitrogen and oxygen atoms in total. The highest BCUT2D eigenvalue weighted by molar-refractivity contribution is 5.90. The Kier molecular flexibility index (Phi) is 4.96. The van der Waals surface area contributed by atoms with Gasteiger partial charge in [0, 0.05) is 19.0 Å². The van der Waals surface area contributed by atoms with E-state index < -0.39 is 28.6 Å². The van der Waals surface area contributed by atoms with E-state index in [1.54, 1.807) is 24.3 Å². The van der Waals surface area contributed by atoms with Gasteiger partial charge < -0.3 is 14.8 Å². The van der Waals surface area contributed by atoms with Crippen LogP contribution in [-0.4, -0.2) is 17.6 Å². The molecule has 0 spiro atoms. The van der Waals surface area contributed by atoms with Crippen molar-refractivity contribution in [3.05, 3.63) is 29.8 Å². The van der Waals surface area contributed by atoms with Crippen molar-refractivity contribution in [1.29, 1.82) is 21.2 Å². The highest BCUT2D eigenvalue weighted by Gasteiger charge is 2.79. The molecule has 2 heterocycles. The lowest BCUT2D eigenvalue weighted by atomic mass is 9.52. The lowest BCUT2D eigenvalue weighted by molar-refractivity contribution is -0.289. The molecule has 4 unspecified atom stereocenters. The molecular formula is C23H23N5O3. The monoisotopic (exact) mass is 417 g/mol. The van der Waals surface area contributed by atoms with Gasteiger partial charge in [0.25, 0.3) is 0 Å². The average Bonchev–Trinajstić information content (AvgIpc) is 2.91. The molecule has 4 rings (SSSR count). The van der Waals surface area contributed by atoms with E-state index in [0.29, 0.717) is 24.1 Å². The summed E-state index contributed by atoms with van der Waals surface area (Å²) in [7, 11) is 0. The van der Waals surface area contributed by atoms with E-state index in [9.17, 15) is 20.6 Å². The van der Waals surface area contributed by atoms with E-state index in [1.165, 1.54) is 6.92 Å². The fourth-order valence-electron chi connectivity index (χ4n) is 5.46. The van der Waals surface area contributed by atoms with Crippen LogP contribution >= 0.6 is 0 Å². The van der Waals surface area contributed by atoms with Gasteiger partial charge in [-0.3, -0.25) is 10.2 Å². The van der Waals surface area contributed by atoms with Crippen LogP contribution in [0, 0.1) is 56.2 Å². The predicted octanol–water partition coefficient (Wildman–Crippen LogP) is 3.93. The van der Waals surface area contributed by atoms with Crippen molar-refractivity contribution in [3.63, 3.8) is 0 Å². The molecule has 2 bridgehead atoms. The molecule has 8 heteroatoms. The second kappa shape index (κ2) is 7.38. The normalized spacial score (nSPS) is 33.3. The van der Waals surface area contributed by atoms with E-state index in [1.807, 2.05) is 0 Å². The second-order valence-electron chi connectivity index (χ2n) is 8.50. The fourth-order valence-corrected chi connectivity index (χ4v) is 5.46. The Morgan fingerprint density at radius 1 is 1.10 bits per heavy atom. The smallest absolute Gasteiger partial charge is 0.221 e. The maximum absolute atomic E-state index is 11.3. The third kappa shape index (κ3) is 2.74. The number of hydrogen-bond donors (Lipinski definition) is 2. The number of nitrogens with zero attached hydrogens (tertiary/aromatic N) is 3. The van der Waals surface area contributed by atoms with Crippen LogP contribution in [0.15, 0.2) is 24.3 Å². The van der Waals surface area contributed by atoms with Gasteiger partial charge in [-0.15, -0.1) is 0 Å². The predicted molar refractivity (Wildman–Crippen MR) is 109 cm³/mol. The molecule has 1 saturated carbocycles. The molecule has 2 N–H and O–H groups in total. The van der Waals surface area contributed by atoms with Crippen LogP contribution in [0.5, 0.6) is 0 Å². The molecule has 1 aliphatic carbocycles. The first kappa shape index (κ1) is 20.8. The zero-order chi connectivity index (χ0) is 22.3. The summed E-state index contributed by atoms with van der Waals surface area (Å²) in [6.45, 7) is 1.40. The summed E-state index contributed by atoms with van der Waals surface area (Å²) in [5, 5.41) is 42.2. The Morgan fingerprint density at radius 3 is 2.39 bits per heavy atom. The first-order valence-electron chi connectivity index (χ1n) is 10.5. The number of nitriles is 3. The highest BCUT2D eigenvalue weighted by Crippen LogP contribution is 2.68. The van der Waals surface area contributed by atoms with Gasteiger partial charge >= 0.3 is 0 Å². The average molecular weight is 417 g/mol. The first-order chi connectivity index (χ1) is 14.9. The number of nitrogens with one attached hydrogen (secondary N) is 2. The van der Waals surface area contributed by atoms with Crippen molar-refractivity contribution in [2.24, 2.45) is 16.7 Å². The minimum atomic E-state index is -1.95. The Balaban J connectivity index is 1.88. The number of rotatable bonds is 2. The van der Waals surface area contributed by atoms with Crippen molar-refractivity contribution in [3.8, 4) is 18.2 Å². The number of amides is 1. The summed E-state index contributed by atoms with van der Waals surface area (Å²) in [5.74, 6) is -2.33. The van der Waals surface area contributed by atoms with Crippen LogP contribution in [0.4, 0.5) is 5.69 Å².